The van der Waals surface area contributed by atoms with Crippen LogP contribution in [-0.4, -0.2) is 204 Å². The van der Waals surface area contributed by atoms with E-state index in [0.717, 1.165) is 96.3 Å². The molecule has 18 atom stereocenters. The van der Waals surface area contributed by atoms with Crippen molar-refractivity contribution in [3.8, 4) is 0 Å². The second-order valence-electron chi connectivity index (χ2n) is 25.6. The molecule has 0 spiro atoms. The van der Waals surface area contributed by atoms with Crippen LogP contribution in [0.2, 0.25) is 0 Å². The predicted molar refractivity (Wildman–Crippen MR) is 342 cm³/mol. The van der Waals surface area contributed by atoms with Crippen molar-refractivity contribution < 1.29 is 117 Å². The van der Waals surface area contributed by atoms with Crippen LogP contribution in [0.25, 0.3) is 0 Å². The van der Waals surface area contributed by atoms with Gasteiger partial charge in [0.25, 0.3) is 0 Å². The molecule has 0 bridgehead atoms. The van der Waals surface area contributed by atoms with Gasteiger partial charge in [0.15, 0.2) is 18.7 Å². The maximum Gasteiger partial charge on any atom is 0.472 e. The van der Waals surface area contributed by atoms with E-state index < -0.39 is 156 Å². The third-order valence-electron chi connectivity index (χ3n) is 17.5. The summed E-state index contributed by atoms with van der Waals surface area (Å²) >= 11 is 0. The Morgan fingerprint density at radius 3 is 1.18 bits per heavy atom. The molecule has 0 aromatic heterocycles. The van der Waals surface area contributed by atoms with Crippen molar-refractivity contribution in [2.24, 2.45) is 0 Å². The smallest absolute Gasteiger partial charge is 0.463 e. The Kier molecular flexibility index (Phi) is 45.7. The summed E-state index contributed by atoms with van der Waals surface area (Å²) in [5, 5.41) is 110. The van der Waals surface area contributed by atoms with Crippen molar-refractivity contribution in [3.05, 3.63) is 12.2 Å². The van der Waals surface area contributed by atoms with Crippen molar-refractivity contribution in [3.63, 3.8) is 0 Å². The fourth-order valence-electron chi connectivity index (χ4n) is 11.7. The Morgan fingerprint density at radius 2 is 0.761 bits per heavy atom. The number of rotatable bonds is 54. The Morgan fingerprint density at radius 1 is 0.413 bits per heavy atom. The number of carbonyl (C=O) groups excluding carboxylic acids is 3. The molecule has 3 aliphatic rings. The first-order valence-electron chi connectivity index (χ1n) is 35.5. The highest BCUT2D eigenvalue weighted by molar-refractivity contribution is 7.47. The van der Waals surface area contributed by atoms with E-state index in [4.69, 9.17) is 42.2 Å². The lowest BCUT2D eigenvalue weighted by atomic mass is 9.84. The quantitative estimate of drug-likeness (QED) is 0.00894. The van der Waals surface area contributed by atoms with Crippen LogP contribution in [0.15, 0.2) is 12.2 Å². The highest BCUT2D eigenvalue weighted by Crippen LogP contribution is 2.49. The van der Waals surface area contributed by atoms with Gasteiger partial charge in [-0.3, -0.25) is 23.4 Å². The molecular formula is C67H123O24P. The molecule has 11 N–H and O–H groups in total. The molecule has 3 rings (SSSR count). The van der Waals surface area contributed by atoms with Gasteiger partial charge in [-0.25, -0.2) is 4.57 Å². The van der Waals surface area contributed by atoms with Crippen molar-refractivity contribution in [2.45, 2.75) is 369 Å². The Bertz CT molecular complexity index is 1970. The number of esters is 3. The lowest BCUT2D eigenvalue weighted by Crippen LogP contribution is -2.69. The Balaban J connectivity index is 1.77. The number of hydrogen-bond donors (Lipinski definition) is 11. The second kappa shape index (κ2) is 50.1. The van der Waals surface area contributed by atoms with Crippen molar-refractivity contribution in [1.29, 1.82) is 0 Å². The van der Waals surface area contributed by atoms with Gasteiger partial charge < -0.3 is 89.1 Å². The molecule has 24 nitrogen and oxygen atoms in total. The normalized spacial score (nSPS) is 28.7. The number of ether oxygens (including phenoxy) is 7. The van der Waals surface area contributed by atoms with Gasteiger partial charge in [-0.1, -0.05) is 213 Å². The standard InChI is InChI=1S/C67H123O24P/c1-4-7-10-13-16-19-22-25-28-30-33-36-39-42-52(70)84-47-50-55(73)57(75)62(80)67(88-50)90-64-60(78)58(76)59(77)63(89-66-61(79)56(74)54(72)49(44-68)87-66)65(64)91-92(81,82)85-46-48(86-53(71)43-40-37-34-31-27-24-21-18-15-12-9-6-3)45-83-51(69)41-38-35-32-29-26-23-20-17-14-11-8-5-2/h25,28,48-50,54-68,72-80H,4-24,26-27,29-47H2,1-3H3,(H,81,82)/b28-25-. The molecule has 0 amide bonds. The summed E-state index contributed by atoms with van der Waals surface area (Å²) in [5.74, 6) is -2.00. The van der Waals surface area contributed by atoms with E-state index in [1.165, 1.54) is 109 Å². The molecule has 0 aromatic carbocycles. The minimum Gasteiger partial charge on any atom is -0.463 e. The van der Waals surface area contributed by atoms with Gasteiger partial charge >= 0.3 is 25.7 Å². The van der Waals surface area contributed by atoms with Crippen molar-refractivity contribution in [2.75, 3.05) is 26.4 Å². The van der Waals surface area contributed by atoms with Gasteiger partial charge in [0.2, 0.25) is 0 Å². The molecule has 2 heterocycles. The van der Waals surface area contributed by atoms with Gasteiger partial charge in [-0.15, -0.1) is 0 Å². The minimum absolute atomic E-state index is 0.00925. The van der Waals surface area contributed by atoms with Crippen LogP contribution in [0.3, 0.4) is 0 Å². The molecular weight excluding hydrogens is 1220 g/mol. The number of aliphatic hydroxyl groups is 10. The van der Waals surface area contributed by atoms with Crippen LogP contribution in [0.1, 0.15) is 265 Å². The number of unbranched alkanes of at least 4 members (excludes halogenated alkanes) is 31. The minimum atomic E-state index is -5.69. The molecule has 2 saturated heterocycles. The fraction of sp³-hybridized carbons (Fsp3) is 0.925. The summed E-state index contributed by atoms with van der Waals surface area (Å²) < 4.78 is 64.8. The summed E-state index contributed by atoms with van der Waals surface area (Å²) in [7, 11) is -5.69. The molecule has 540 valence electrons. The molecule has 2 aliphatic heterocycles. The molecule has 3 fully saturated rings. The predicted octanol–water partition coefficient (Wildman–Crippen LogP) is 8.40. The maximum absolute atomic E-state index is 14.3. The first-order valence-corrected chi connectivity index (χ1v) is 37.0. The molecule has 18 unspecified atom stereocenters. The van der Waals surface area contributed by atoms with Crippen LogP contribution in [-0.2, 0) is 61.2 Å². The number of phosphoric acid groups is 1. The van der Waals surface area contributed by atoms with Crippen molar-refractivity contribution in [1.82, 2.24) is 0 Å². The Hall–Kier alpha value is -2.30. The van der Waals surface area contributed by atoms with E-state index in [1.807, 2.05) is 0 Å². The first-order chi connectivity index (χ1) is 44.3. The fourth-order valence-corrected chi connectivity index (χ4v) is 12.7. The third-order valence-corrected chi connectivity index (χ3v) is 18.5. The molecule has 1 saturated carbocycles. The summed E-state index contributed by atoms with van der Waals surface area (Å²) in [4.78, 5) is 50.8. The summed E-state index contributed by atoms with van der Waals surface area (Å²) in [5.41, 5.74) is 0. The van der Waals surface area contributed by atoms with Crippen LogP contribution in [0.5, 0.6) is 0 Å². The number of aliphatic hydroxyl groups excluding tert-OH is 10. The summed E-state index contributed by atoms with van der Waals surface area (Å²) in [6.07, 6.45) is 6.01. The van der Waals surface area contributed by atoms with Crippen LogP contribution < -0.4 is 0 Å². The zero-order valence-corrected chi connectivity index (χ0v) is 56.7. The van der Waals surface area contributed by atoms with Gasteiger partial charge in [-0.05, 0) is 44.9 Å². The van der Waals surface area contributed by atoms with Gasteiger partial charge in [0.1, 0.15) is 98.7 Å². The Labute approximate surface area is 548 Å². The molecule has 25 heteroatoms. The van der Waals surface area contributed by atoms with E-state index in [2.05, 4.69) is 32.9 Å². The molecule has 0 radical (unpaired) electrons. The zero-order valence-electron chi connectivity index (χ0n) is 55.8. The average molecular weight is 1340 g/mol. The third kappa shape index (κ3) is 33.8. The van der Waals surface area contributed by atoms with Crippen LogP contribution in [0, 0.1) is 0 Å². The SMILES string of the molecule is CCCCCCCC/C=C\CCCCCC(=O)OCC1OC(OC2C(O)C(O)C(O)C(OC3OC(CO)C(O)C(O)C3O)C2OP(=O)(O)OCC(COC(=O)CCCCCCCCCCCCCC)OC(=O)CCCCCCCCCCCCCC)C(O)C(O)C1O. The highest BCUT2D eigenvalue weighted by atomic mass is 31.2. The molecule has 0 aromatic rings. The van der Waals surface area contributed by atoms with Gasteiger partial charge in [0.05, 0.1) is 13.2 Å². The second-order valence-corrected chi connectivity index (χ2v) is 27.0. The van der Waals surface area contributed by atoms with E-state index >= 15 is 0 Å². The molecule has 1 aliphatic carbocycles. The number of phosphoric ester groups is 1. The van der Waals surface area contributed by atoms with Crippen LogP contribution in [0.4, 0.5) is 0 Å². The summed E-state index contributed by atoms with van der Waals surface area (Å²) in [6.45, 7) is 3.39. The topological polar surface area (TPSA) is 374 Å². The van der Waals surface area contributed by atoms with Gasteiger partial charge in [-0.2, -0.15) is 0 Å². The largest absolute Gasteiger partial charge is 0.472 e. The average Bonchev–Trinajstić information content (AvgIpc) is 0.773. The lowest BCUT2D eigenvalue weighted by Gasteiger charge is -2.49. The van der Waals surface area contributed by atoms with Crippen molar-refractivity contribution >= 4 is 25.7 Å². The van der Waals surface area contributed by atoms with E-state index in [-0.39, 0.29) is 19.3 Å². The highest BCUT2D eigenvalue weighted by Gasteiger charge is 2.58. The van der Waals surface area contributed by atoms with E-state index in [9.17, 15) is 74.9 Å². The van der Waals surface area contributed by atoms with E-state index in [1.54, 1.807) is 0 Å². The van der Waals surface area contributed by atoms with E-state index in [0.29, 0.717) is 19.3 Å². The van der Waals surface area contributed by atoms with Gasteiger partial charge in [0, 0.05) is 19.3 Å². The number of allylic oxidation sites excluding steroid dienone is 2. The molecule has 92 heavy (non-hydrogen) atoms. The number of carbonyl (C=O) groups is 3. The maximum atomic E-state index is 14.3. The number of hydrogen-bond acceptors (Lipinski definition) is 23. The zero-order chi connectivity index (χ0) is 67.5. The monoisotopic (exact) mass is 1340 g/mol. The lowest BCUT2D eigenvalue weighted by molar-refractivity contribution is -0.360. The van der Waals surface area contributed by atoms with Crippen LogP contribution >= 0.6 is 7.82 Å². The summed E-state index contributed by atoms with van der Waals surface area (Å²) in [6, 6.07) is 0. The first kappa shape index (κ1) is 83.9.